The van der Waals surface area contributed by atoms with Crippen LogP contribution < -0.4 is 0 Å². The molecule has 1 nitrogen and oxygen atoms in total. The van der Waals surface area contributed by atoms with E-state index in [9.17, 15) is 0 Å². The summed E-state index contributed by atoms with van der Waals surface area (Å²) in [6.45, 7) is 2.07. The Balaban J connectivity index is 1.67. The number of hydrogen-bond donors (Lipinski definition) is 0. The Morgan fingerprint density at radius 1 is 0.929 bits per heavy atom. The lowest BCUT2D eigenvalue weighted by molar-refractivity contribution is -0.0828. The van der Waals surface area contributed by atoms with Gasteiger partial charge in [-0.05, 0) is 12.8 Å². The second-order valence-electron chi connectivity index (χ2n) is 4.98. The summed E-state index contributed by atoms with van der Waals surface area (Å²) < 4.78 is 5.40. The SMILES string of the molecule is C1CC[C@@H]2SCC3(COC3)CS[C@H]2C1. The van der Waals surface area contributed by atoms with Crippen molar-refractivity contribution in [1.29, 1.82) is 0 Å². The van der Waals surface area contributed by atoms with Gasteiger partial charge in [-0.15, -0.1) is 0 Å². The quantitative estimate of drug-likeness (QED) is 0.633. The summed E-state index contributed by atoms with van der Waals surface area (Å²) in [4.78, 5) is 0. The summed E-state index contributed by atoms with van der Waals surface area (Å²) >= 11 is 4.50. The molecule has 1 saturated carbocycles. The number of hydrogen-bond acceptors (Lipinski definition) is 3. The minimum absolute atomic E-state index is 0.576. The van der Waals surface area contributed by atoms with Crippen LogP contribution in [0.2, 0.25) is 0 Å². The molecule has 3 aliphatic rings. The van der Waals surface area contributed by atoms with Gasteiger partial charge in [0.05, 0.1) is 13.2 Å². The largest absolute Gasteiger partial charge is 0.380 e. The van der Waals surface area contributed by atoms with E-state index in [-0.39, 0.29) is 0 Å². The first kappa shape index (κ1) is 9.86. The summed E-state index contributed by atoms with van der Waals surface area (Å²) in [6.07, 6.45) is 5.88. The molecule has 2 saturated heterocycles. The fourth-order valence-electron chi connectivity index (χ4n) is 2.61. The van der Waals surface area contributed by atoms with Crippen LogP contribution in [0.15, 0.2) is 0 Å². The van der Waals surface area contributed by atoms with Gasteiger partial charge >= 0.3 is 0 Å². The maximum Gasteiger partial charge on any atom is 0.0560 e. The summed E-state index contributed by atoms with van der Waals surface area (Å²) in [7, 11) is 0. The third-order valence-electron chi connectivity index (χ3n) is 3.67. The average molecular weight is 230 g/mol. The van der Waals surface area contributed by atoms with Crippen molar-refractivity contribution >= 4 is 23.5 Å². The molecule has 1 aliphatic carbocycles. The number of ether oxygens (including phenoxy) is 1. The van der Waals surface area contributed by atoms with Crippen molar-refractivity contribution < 1.29 is 4.74 Å². The lowest BCUT2D eigenvalue weighted by Crippen LogP contribution is -2.46. The van der Waals surface area contributed by atoms with Crippen molar-refractivity contribution in [1.82, 2.24) is 0 Å². The summed E-state index contributed by atoms with van der Waals surface area (Å²) in [5, 5.41) is 1.93. The first-order chi connectivity index (χ1) is 6.88. The van der Waals surface area contributed by atoms with Crippen LogP contribution in [0.1, 0.15) is 25.7 Å². The smallest absolute Gasteiger partial charge is 0.0560 e. The fourth-order valence-corrected chi connectivity index (χ4v) is 6.25. The number of fused-ring (bicyclic) bond motifs is 1. The molecular weight excluding hydrogens is 212 g/mol. The monoisotopic (exact) mass is 230 g/mol. The zero-order valence-corrected chi connectivity index (χ0v) is 10.2. The first-order valence-electron chi connectivity index (χ1n) is 5.69. The van der Waals surface area contributed by atoms with Crippen molar-refractivity contribution in [2.24, 2.45) is 5.41 Å². The van der Waals surface area contributed by atoms with Crippen molar-refractivity contribution in [2.45, 2.75) is 36.2 Å². The molecular formula is C11H18OS2. The molecule has 3 fully saturated rings. The van der Waals surface area contributed by atoms with Crippen molar-refractivity contribution in [3.63, 3.8) is 0 Å². The molecule has 0 amide bonds. The summed E-state index contributed by atoms with van der Waals surface area (Å²) in [6, 6.07) is 0. The lowest BCUT2D eigenvalue weighted by atomic mass is 9.91. The predicted octanol–water partition coefficient (Wildman–Crippen LogP) is 2.79. The molecule has 3 heteroatoms. The molecule has 14 heavy (non-hydrogen) atoms. The molecule has 2 heterocycles. The van der Waals surface area contributed by atoms with E-state index in [1.807, 2.05) is 0 Å². The molecule has 2 aliphatic heterocycles. The van der Waals surface area contributed by atoms with Crippen molar-refractivity contribution in [2.75, 3.05) is 24.7 Å². The fraction of sp³-hybridized carbons (Fsp3) is 1.00. The Labute approximate surface area is 94.7 Å². The molecule has 0 bridgehead atoms. The van der Waals surface area contributed by atoms with Crippen LogP contribution >= 0.6 is 23.5 Å². The van der Waals surface area contributed by atoms with Crippen molar-refractivity contribution in [3.8, 4) is 0 Å². The zero-order chi connectivity index (χ0) is 9.43. The highest BCUT2D eigenvalue weighted by Crippen LogP contribution is 2.47. The summed E-state index contributed by atoms with van der Waals surface area (Å²) in [5.41, 5.74) is 0.576. The van der Waals surface area contributed by atoms with Crippen molar-refractivity contribution in [3.05, 3.63) is 0 Å². The third kappa shape index (κ3) is 1.72. The van der Waals surface area contributed by atoms with Gasteiger partial charge in [-0.1, -0.05) is 12.8 Å². The standard InChI is InChI=1S/C11H18OS2/c1-2-4-10-9(3-1)13-7-11(8-14-10)5-12-6-11/h9-10H,1-8H2/t9-,10-/m0/s1. The van der Waals surface area contributed by atoms with E-state index in [4.69, 9.17) is 4.74 Å². The molecule has 1 spiro atoms. The predicted molar refractivity (Wildman–Crippen MR) is 64.2 cm³/mol. The Bertz CT molecular complexity index is 197. The van der Waals surface area contributed by atoms with E-state index in [1.54, 1.807) is 0 Å². The van der Waals surface area contributed by atoms with E-state index < -0.39 is 0 Å². The van der Waals surface area contributed by atoms with Gasteiger partial charge in [-0.2, -0.15) is 23.5 Å². The van der Waals surface area contributed by atoms with Gasteiger partial charge in [0.25, 0.3) is 0 Å². The van der Waals surface area contributed by atoms with Gasteiger partial charge in [0.2, 0.25) is 0 Å². The molecule has 3 rings (SSSR count). The molecule has 0 aromatic carbocycles. The van der Waals surface area contributed by atoms with Crippen LogP contribution in [-0.4, -0.2) is 35.2 Å². The molecule has 0 radical (unpaired) electrons. The molecule has 2 atom stereocenters. The molecule has 0 aromatic rings. The van der Waals surface area contributed by atoms with Gasteiger partial charge in [-0.3, -0.25) is 0 Å². The highest BCUT2D eigenvalue weighted by molar-refractivity contribution is 8.04. The van der Waals surface area contributed by atoms with E-state index in [0.717, 1.165) is 23.7 Å². The Morgan fingerprint density at radius 2 is 1.50 bits per heavy atom. The zero-order valence-electron chi connectivity index (χ0n) is 8.54. The van der Waals surface area contributed by atoms with Crippen LogP contribution in [-0.2, 0) is 4.74 Å². The second kappa shape index (κ2) is 3.91. The Kier molecular flexibility index (Phi) is 2.75. The minimum atomic E-state index is 0.576. The van der Waals surface area contributed by atoms with E-state index >= 15 is 0 Å². The van der Waals surface area contributed by atoms with Gasteiger partial charge < -0.3 is 4.74 Å². The second-order valence-corrected chi connectivity index (χ2v) is 7.43. The normalized spacial score (nSPS) is 41.1. The number of rotatable bonds is 0. The highest BCUT2D eigenvalue weighted by Gasteiger charge is 2.43. The maximum absolute atomic E-state index is 5.40. The van der Waals surface area contributed by atoms with E-state index in [2.05, 4.69) is 23.5 Å². The van der Waals surface area contributed by atoms with Crippen LogP contribution in [0.3, 0.4) is 0 Å². The Morgan fingerprint density at radius 3 is 1.93 bits per heavy atom. The van der Waals surface area contributed by atoms with Crippen LogP contribution in [0.4, 0.5) is 0 Å². The van der Waals surface area contributed by atoms with E-state index in [1.165, 1.54) is 37.2 Å². The Hall–Kier alpha value is 0.660. The average Bonchev–Trinajstić information content (AvgIpc) is 2.36. The van der Waals surface area contributed by atoms with Gasteiger partial charge in [-0.25, -0.2) is 0 Å². The van der Waals surface area contributed by atoms with E-state index in [0.29, 0.717) is 5.41 Å². The van der Waals surface area contributed by atoms with Crippen LogP contribution in [0, 0.1) is 5.41 Å². The first-order valence-corrected chi connectivity index (χ1v) is 7.79. The molecule has 0 N–H and O–H groups in total. The maximum atomic E-state index is 5.40. The molecule has 0 aromatic heterocycles. The molecule has 80 valence electrons. The lowest BCUT2D eigenvalue weighted by Gasteiger charge is -2.40. The number of thioether (sulfide) groups is 2. The topological polar surface area (TPSA) is 9.23 Å². The van der Waals surface area contributed by atoms with Gasteiger partial charge in [0, 0.05) is 27.4 Å². The highest BCUT2D eigenvalue weighted by atomic mass is 32.2. The van der Waals surface area contributed by atoms with Gasteiger partial charge in [0.1, 0.15) is 0 Å². The minimum Gasteiger partial charge on any atom is -0.380 e. The van der Waals surface area contributed by atoms with Crippen LogP contribution in [0.25, 0.3) is 0 Å². The van der Waals surface area contributed by atoms with Gasteiger partial charge in [0.15, 0.2) is 0 Å². The van der Waals surface area contributed by atoms with Crippen LogP contribution in [0.5, 0.6) is 0 Å². The summed E-state index contributed by atoms with van der Waals surface area (Å²) in [5.74, 6) is 2.72. The molecule has 0 unspecified atom stereocenters. The third-order valence-corrected chi connectivity index (χ3v) is 7.38.